The smallest absolute Gasteiger partial charge is 0.313 e. The van der Waals surface area contributed by atoms with Gasteiger partial charge in [0, 0.05) is 11.9 Å². The second-order valence-corrected chi connectivity index (χ2v) is 4.33. The zero-order valence-electron chi connectivity index (χ0n) is 6.23. The van der Waals surface area contributed by atoms with Gasteiger partial charge in [-0.2, -0.15) is 0 Å². The highest BCUT2D eigenvalue weighted by Gasteiger charge is 2.07. The minimum absolute atomic E-state index is 0.167. The predicted octanol–water partition coefficient (Wildman–Crippen LogP) is 1.13. The van der Waals surface area contributed by atoms with Gasteiger partial charge in [-0.3, -0.25) is 9.59 Å². The van der Waals surface area contributed by atoms with Crippen LogP contribution in [0.3, 0.4) is 0 Å². The molecule has 1 N–H and O–H groups in total. The van der Waals surface area contributed by atoms with Crippen molar-refractivity contribution in [1.82, 2.24) is 4.31 Å². The number of nitrogens with zero attached hydrogens (tertiary/aromatic N) is 1. The van der Waals surface area contributed by atoms with E-state index in [2.05, 4.69) is 0 Å². The van der Waals surface area contributed by atoms with Crippen molar-refractivity contribution in [2.24, 2.45) is 0 Å². The lowest BCUT2D eigenvalue weighted by molar-refractivity contribution is -0.133. The number of rotatable bonds is 3. The lowest BCUT2D eigenvalue weighted by atomic mass is 10.8. The van der Waals surface area contributed by atoms with E-state index in [0.717, 1.165) is 23.7 Å². The van der Waals surface area contributed by atoms with E-state index in [1.807, 2.05) is 0 Å². The summed E-state index contributed by atoms with van der Waals surface area (Å²) in [6.07, 6.45) is 0. The van der Waals surface area contributed by atoms with Crippen LogP contribution in [-0.2, 0) is 4.79 Å². The summed E-state index contributed by atoms with van der Waals surface area (Å²) in [7, 11) is 3.45. The molecule has 0 bridgehead atoms. The van der Waals surface area contributed by atoms with E-state index in [1.54, 1.807) is 18.4 Å². The van der Waals surface area contributed by atoms with Crippen LogP contribution < -0.4 is 0 Å². The second kappa shape index (κ2) is 5.45. The number of carboxylic acids is 1. The third-order valence-corrected chi connectivity index (χ3v) is 2.29. The molecule has 0 heterocycles. The summed E-state index contributed by atoms with van der Waals surface area (Å²) in [6, 6.07) is 0. The average molecular weight is 195 g/mol. The summed E-state index contributed by atoms with van der Waals surface area (Å²) in [5.74, 6) is -1.14. The van der Waals surface area contributed by atoms with Gasteiger partial charge in [0.05, 0.1) is 5.75 Å². The molecule has 0 aliphatic rings. The Hall–Kier alpha value is -0.200. The van der Waals surface area contributed by atoms with Crippen molar-refractivity contribution in [2.45, 2.75) is 0 Å². The molecule has 64 valence electrons. The Morgan fingerprint density at radius 2 is 2.00 bits per heavy atom. The van der Waals surface area contributed by atoms with Crippen molar-refractivity contribution in [3.8, 4) is 0 Å². The summed E-state index contributed by atoms with van der Waals surface area (Å²) in [5, 5.41) is 8.20. The van der Waals surface area contributed by atoms with E-state index >= 15 is 0 Å². The van der Waals surface area contributed by atoms with Gasteiger partial charge in [0.2, 0.25) is 0 Å². The summed E-state index contributed by atoms with van der Waals surface area (Å²) in [6.45, 7) is 0. The van der Waals surface area contributed by atoms with Gasteiger partial charge in [-0.15, -0.1) is 0 Å². The number of carbonyl (C=O) groups is 2. The van der Waals surface area contributed by atoms with Gasteiger partial charge in [0.1, 0.15) is 0 Å². The maximum atomic E-state index is 10.8. The van der Waals surface area contributed by atoms with Crippen molar-refractivity contribution < 1.29 is 14.7 Å². The van der Waals surface area contributed by atoms with Crippen LogP contribution in [-0.4, -0.2) is 39.7 Å². The highest BCUT2D eigenvalue weighted by Crippen LogP contribution is 2.17. The quantitative estimate of drug-likeness (QED) is 0.681. The van der Waals surface area contributed by atoms with E-state index < -0.39 is 5.97 Å². The lowest BCUT2D eigenvalue weighted by Gasteiger charge is -2.04. The number of carbonyl (C=O) groups excluding carboxylic acids is 1. The Bertz CT molecular complexity index is 160. The molecule has 11 heavy (non-hydrogen) atoms. The van der Waals surface area contributed by atoms with Crippen LogP contribution in [0.5, 0.6) is 0 Å². The van der Waals surface area contributed by atoms with Crippen molar-refractivity contribution in [2.75, 3.05) is 19.8 Å². The van der Waals surface area contributed by atoms with E-state index in [9.17, 15) is 9.59 Å². The molecule has 4 nitrogen and oxygen atoms in total. The van der Waals surface area contributed by atoms with Crippen LogP contribution in [0, 0.1) is 0 Å². The predicted molar refractivity (Wildman–Crippen MR) is 46.8 cm³/mol. The van der Waals surface area contributed by atoms with Crippen LogP contribution in [0.1, 0.15) is 0 Å². The van der Waals surface area contributed by atoms with Crippen LogP contribution >= 0.6 is 23.7 Å². The van der Waals surface area contributed by atoms with Gasteiger partial charge in [0.25, 0.3) is 4.45 Å². The zero-order chi connectivity index (χ0) is 8.85. The van der Waals surface area contributed by atoms with E-state index in [0.29, 0.717) is 0 Å². The van der Waals surface area contributed by atoms with E-state index in [4.69, 9.17) is 5.11 Å². The number of aliphatic carboxylic acids is 1. The van der Waals surface area contributed by atoms with Crippen molar-refractivity contribution in [1.29, 1.82) is 0 Å². The number of thioether (sulfide) groups is 1. The first-order valence-electron chi connectivity index (χ1n) is 2.76. The van der Waals surface area contributed by atoms with Gasteiger partial charge in [-0.25, -0.2) is 4.31 Å². The summed E-state index contributed by atoms with van der Waals surface area (Å²) in [4.78, 5) is 20.8. The SMILES string of the molecule is CN(C)SC(=O)SCC(=O)O. The molecule has 0 saturated heterocycles. The molecule has 0 aromatic carbocycles. The molecule has 0 atom stereocenters. The van der Waals surface area contributed by atoms with Crippen LogP contribution in [0.2, 0.25) is 0 Å². The van der Waals surface area contributed by atoms with Crippen LogP contribution in [0.4, 0.5) is 4.79 Å². The fourth-order valence-corrected chi connectivity index (χ4v) is 1.67. The molecule has 6 heteroatoms. The first-order valence-corrected chi connectivity index (χ1v) is 4.52. The van der Waals surface area contributed by atoms with E-state index in [-0.39, 0.29) is 10.2 Å². The Morgan fingerprint density at radius 3 is 2.36 bits per heavy atom. The fraction of sp³-hybridized carbons (Fsp3) is 0.600. The first-order chi connectivity index (χ1) is 5.02. The maximum Gasteiger partial charge on any atom is 0.313 e. The summed E-state index contributed by atoms with van der Waals surface area (Å²) >= 11 is 1.79. The highest BCUT2D eigenvalue weighted by molar-refractivity contribution is 8.37. The third-order valence-electron chi connectivity index (χ3n) is 0.571. The summed E-state index contributed by atoms with van der Waals surface area (Å²) < 4.78 is 1.43. The molecule has 0 fully saturated rings. The van der Waals surface area contributed by atoms with Gasteiger partial charge < -0.3 is 5.11 Å². The fourth-order valence-electron chi connectivity index (χ4n) is 0.296. The number of carboxylic acid groups (broad SMARTS) is 1. The monoisotopic (exact) mass is 195 g/mol. The molecule has 0 amide bonds. The number of hydrogen-bond donors (Lipinski definition) is 1. The molecule has 0 radical (unpaired) electrons. The standard InChI is InChI=1S/C5H9NO3S2/c1-6(2)11-5(9)10-3-4(7)8/h3H2,1-2H3,(H,7,8). The van der Waals surface area contributed by atoms with Crippen molar-refractivity contribution in [3.05, 3.63) is 0 Å². The van der Waals surface area contributed by atoms with Gasteiger partial charge >= 0.3 is 5.97 Å². The Morgan fingerprint density at radius 1 is 1.45 bits per heavy atom. The molecule has 0 rings (SSSR count). The molecule has 0 aliphatic carbocycles. The lowest BCUT2D eigenvalue weighted by Crippen LogP contribution is -2.05. The largest absolute Gasteiger partial charge is 0.481 e. The van der Waals surface area contributed by atoms with Crippen LogP contribution in [0.25, 0.3) is 0 Å². The normalized spacial score (nSPS) is 10.1. The number of hydrogen-bond acceptors (Lipinski definition) is 5. The molecule has 0 saturated carbocycles. The van der Waals surface area contributed by atoms with Crippen molar-refractivity contribution in [3.63, 3.8) is 0 Å². The molecule has 0 aromatic rings. The van der Waals surface area contributed by atoms with Crippen molar-refractivity contribution >= 4 is 34.1 Å². The maximum absolute atomic E-state index is 10.8. The van der Waals surface area contributed by atoms with Crippen LogP contribution in [0.15, 0.2) is 0 Å². The zero-order valence-corrected chi connectivity index (χ0v) is 7.87. The van der Waals surface area contributed by atoms with Gasteiger partial charge in [-0.1, -0.05) is 11.8 Å². The third kappa shape index (κ3) is 7.70. The van der Waals surface area contributed by atoms with Gasteiger partial charge in [0.15, 0.2) is 0 Å². The van der Waals surface area contributed by atoms with Gasteiger partial charge in [-0.05, 0) is 14.1 Å². The Balaban J connectivity index is 3.45. The minimum Gasteiger partial charge on any atom is -0.481 e. The molecule has 0 unspecified atom stereocenters. The topological polar surface area (TPSA) is 57.6 Å². The minimum atomic E-state index is -0.970. The molecule has 0 aliphatic heterocycles. The highest BCUT2D eigenvalue weighted by atomic mass is 32.2. The first kappa shape index (κ1) is 10.8. The average Bonchev–Trinajstić information content (AvgIpc) is 1.82. The molecular formula is C5H9NO3S2. The molecular weight excluding hydrogens is 186 g/mol. The Labute approximate surface area is 73.5 Å². The van der Waals surface area contributed by atoms with E-state index in [1.165, 1.54) is 0 Å². The Kier molecular flexibility index (Phi) is 5.35. The second-order valence-electron chi connectivity index (χ2n) is 1.84. The summed E-state index contributed by atoms with van der Waals surface area (Å²) in [5.41, 5.74) is 0. The molecule has 0 aromatic heterocycles. The molecule has 0 spiro atoms.